The minimum Gasteiger partial charge on any atom is -0.315 e. The lowest BCUT2D eigenvalue weighted by Gasteiger charge is -2.23. The van der Waals surface area contributed by atoms with Gasteiger partial charge in [-0.05, 0) is 27.3 Å². The fourth-order valence-corrected chi connectivity index (χ4v) is 3.06. The summed E-state index contributed by atoms with van der Waals surface area (Å²) in [6.07, 6.45) is 23.1. The second-order valence-corrected chi connectivity index (χ2v) is 9.37. The molecule has 27 heavy (non-hydrogen) atoms. The minimum atomic E-state index is -4.64. The predicted octanol–water partition coefficient (Wildman–Crippen LogP) is 6.32. The van der Waals surface area contributed by atoms with Crippen LogP contribution >= 0.6 is 7.82 Å². The lowest BCUT2D eigenvalue weighted by molar-refractivity contribution is 0.275. The lowest BCUT2D eigenvalue weighted by atomic mass is 9.96. The number of nitrogens with one attached hydrogen (secondary N) is 1. The summed E-state index contributed by atoms with van der Waals surface area (Å²) >= 11 is 0. The van der Waals surface area contributed by atoms with Gasteiger partial charge in [0, 0.05) is 5.54 Å². The van der Waals surface area contributed by atoms with Crippen molar-refractivity contribution in [1.29, 1.82) is 0 Å². The smallest absolute Gasteiger partial charge is 0.315 e. The van der Waals surface area contributed by atoms with Crippen LogP contribution in [-0.4, -0.2) is 27.3 Å². The van der Waals surface area contributed by atoms with E-state index in [1.807, 2.05) is 0 Å². The number of hydrogen-bond acceptors (Lipinski definition) is 2. The zero-order valence-corrected chi connectivity index (χ0v) is 19.4. The normalized spacial score (nSPS) is 12.0. The first-order valence-electron chi connectivity index (χ1n) is 11.1. The molecular weight excluding hydrogens is 361 g/mol. The quantitative estimate of drug-likeness (QED) is 0.167. The molecule has 0 rings (SSSR count). The Kier molecular flexibility index (Phi) is 21.0. The summed E-state index contributed by atoms with van der Waals surface area (Å²) in [6.45, 7) is 6.90. The fourth-order valence-electron chi connectivity index (χ4n) is 3.06. The van der Waals surface area contributed by atoms with Crippen LogP contribution in [0.25, 0.3) is 0 Å². The summed E-state index contributed by atoms with van der Waals surface area (Å²) in [5.74, 6) is 0. The van der Waals surface area contributed by atoms with E-state index in [4.69, 9.17) is 19.2 Å². The van der Waals surface area contributed by atoms with Crippen LogP contribution < -0.4 is 5.32 Å². The molecule has 0 bridgehead atoms. The lowest BCUT2D eigenvalue weighted by Crippen LogP contribution is -2.35. The van der Waals surface area contributed by atoms with Gasteiger partial charge in [0.2, 0.25) is 0 Å². The van der Waals surface area contributed by atoms with E-state index >= 15 is 0 Å². The molecular formula is C21H48NO4P. The van der Waals surface area contributed by atoms with E-state index < -0.39 is 7.82 Å². The maximum absolute atomic E-state index is 8.88. The molecule has 5 nitrogen and oxygen atoms in total. The van der Waals surface area contributed by atoms with Gasteiger partial charge in [0.1, 0.15) is 0 Å². The summed E-state index contributed by atoms with van der Waals surface area (Å²) in [5.41, 5.74) is 0.330. The molecule has 0 aromatic heterocycles. The van der Waals surface area contributed by atoms with Crippen molar-refractivity contribution in [2.45, 2.75) is 129 Å². The summed E-state index contributed by atoms with van der Waals surface area (Å²) in [4.78, 5) is 21.6. The maximum atomic E-state index is 8.88. The average molecular weight is 410 g/mol. The molecule has 4 N–H and O–H groups in total. The van der Waals surface area contributed by atoms with Crippen molar-refractivity contribution in [1.82, 2.24) is 5.32 Å². The minimum absolute atomic E-state index is 0.330. The van der Waals surface area contributed by atoms with Gasteiger partial charge in [0.25, 0.3) is 0 Å². The molecule has 0 radical (unpaired) electrons. The van der Waals surface area contributed by atoms with E-state index in [2.05, 4.69) is 33.1 Å². The van der Waals surface area contributed by atoms with Gasteiger partial charge < -0.3 is 20.0 Å². The molecule has 0 atom stereocenters. The molecule has 0 aliphatic heterocycles. The van der Waals surface area contributed by atoms with E-state index in [1.54, 1.807) is 0 Å². The molecule has 0 heterocycles. The Morgan fingerprint density at radius 1 is 0.667 bits per heavy atom. The Morgan fingerprint density at radius 3 is 1.19 bits per heavy atom. The van der Waals surface area contributed by atoms with Crippen LogP contribution in [0.5, 0.6) is 0 Å². The molecule has 0 saturated carbocycles. The Bertz CT molecular complexity index is 337. The van der Waals surface area contributed by atoms with Crippen LogP contribution in [0.2, 0.25) is 0 Å². The van der Waals surface area contributed by atoms with E-state index in [0.717, 1.165) is 0 Å². The van der Waals surface area contributed by atoms with Crippen molar-refractivity contribution in [3.05, 3.63) is 0 Å². The molecule has 0 aromatic carbocycles. The predicted molar refractivity (Wildman–Crippen MR) is 117 cm³/mol. The van der Waals surface area contributed by atoms with Gasteiger partial charge in [0.05, 0.1) is 0 Å². The molecule has 0 aliphatic rings. The Morgan fingerprint density at radius 2 is 0.926 bits per heavy atom. The Labute approximate surface area is 169 Å². The zero-order valence-electron chi connectivity index (χ0n) is 18.5. The second-order valence-electron chi connectivity index (χ2n) is 8.35. The van der Waals surface area contributed by atoms with Gasteiger partial charge in [-0.2, -0.15) is 0 Å². The van der Waals surface area contributed by atoms with Gasteiger partial charge in [-0.3, -0.25) is 0 Å². The van der Waals surface area contributed by atoms with Crippen molar-refractivity contribution in [3.63, 3.8) is 0 Å². The third-order valence-corrected chi connectivity index (χ3v) is 5.08. The number of hydrogen-bond donors (Lipinski definition) is 4. The van der Waals surface area contributed by atoms with Gasteiger partial charge >= 0.3 is 7.82 Å². The average Bonchev–Trinajstić information content (AvgIpc) is 2.57. The summed E-state index contributed by atoms with van der Waals surface area (Å²) in [6, 6.07) is 0. The van der Waals surface area contributed by atoms with Gasteiger partial charge in [-0.1, -0.05) is 103 Å². The molecule has 0 aromatic rings. The molecule has 0 amide bonds. The summed E-state index contributed by atoms with van der Waals surface area (Å²) in [5, 5.41) is 3.39. The van der Waals surface area contributed by atoms with Crippen LogP contribution in [0.1, 0.15) is 124 Å². The molecule has 0 spiro atoms. The fraction of sp³-hybridized carbons (Fsp3) is 1.00. The standard InChI is InChI=1S/C21H45N.H3O4P/c1-5-6-7-8-9-10-11-12-13-14-15-16-17-18-19-20-21(2,3)22-4;1-5(2,3)4/h22H,5-20H2,1-4H3;(H3,1,2,3,4). The summed E-state index contributed by atoms with van der Waals surface area (Å²) < 4.78 is 8.88. The molecule has 0 aliphatic carbocycles. The topological polar surface area (TPSA) is 89.8 Å². The Hall–Kier alpha value is 0.0700. The first-order valence-corrected chi connectivity index (χ1v) is 12.7. The van der Waals surface area contributed by atoms with Crippen LogP contribution in [0.3, 0.4) is 0 Å². The van der Waals surface area contributed by atoms with E-state index in [9.17, 15) is 0 Å². The molecule has 6 heteroatoms. The largest absolute Gasteiger partial charge is 0.466 e. The number of unbranched alkanes of at least 4 members (excludes halogenated alkanes) is 14. The van der Waals surface area contributed by atoms with Gasteiger partial charge in [-0.25, -0.2) is 4.57 Å². The number of rotatable bonds is 17. The molecule has 166 valence electrons. The third-order valence-electron chi connectivity index (χ3n) is 5.08. The summed E-state index contributed by atoms with van der Waals surface area (Å²) in [7, 11) is -2.56. The van der Waals surface area contributed by atoms with Crippen molar-refractivity contribution in [2.75, 3.05) is 7.05 Å². The zero-order chi connectivity index (χ0) is 21.0. The highest BCUT2D eigenvalue weighted by molar-refractivity contribution is 7.45. The van der Waals surface area contributed by atoms with Gasteiger partial charge in [-0.15, -0.1) is 0 Å². The maximum Gasteiger partial charge on any atom is 0.466 e. The molecule has 0 unspecified atom stereocenters. The highest BCUT2D eigenvalue weighted by atomic mass is 31.2. The highest BCUT2D eigenvalue weighted by Crippen LogP contribution is 2.25. The van der Waals surface area contributed by atoms with Crippen molar-refractivity contribution in [2.24, 2.45) is 0 Å². The molecule has 0 fully saturated rings. The van der Waals surface area contributed by atoms with Gasteiger partial charge in [0.15, 0.2) is 0 Å². The van der Waals surface area contributed by atoms with Crippen LogP contribution in [0.4, 0.5) is 0 Å². The van der Waals surface area contributed by atoms with Crippen LogP contribution in [-0.2, 0) is 4.57 Å². The monoisotopic (exact) mass is 409 g/mol. The van der Waals surface area contributed by atoms with E-state index in [1.165, 1.54) is 103 Å². The van der Waals surface area contributed by atoms with Crippen molar-refractivity contribution < 1.29 is 19.2 Å². The second kappa shape index (κ2) is 19.4. The van der Waals surface area contributed by atoms with Crippen LogP contribution in [0.15, 0.2) is 0 Å². The highest BCUT2D eigenvalue weighted by Gasteiger charge is 2.12. The third kappa shape index (κ3) is 34.0. The first-order chi connectivity index (χ1) is 12.6. The van der Waals surface area contributed by atoms with E-state index in [-0.39, 0.29) is 0 Å². The Balaban J connectivity index is 0. The number of phosphoric acid groups is 1. The molecule has 0 saturated heterocycles. The SMILES string of the molecule is CCCCCCCCCCCCCCCCCC(C)(C)NC.O=P(O)(O)O. The first kappa shape index (κ1) is 29.3. The van der Waals surface area contributed by atoms with Crippen molar-refractivity contribution in [3.8, 4) is 0 Å². The van der Waals surface area contributed by atoms with Crippen molar-refractivity contribution >= 4 is 7.82 Å². The van der Waals surface area contributed by atoms with Crippen LogP contribution in [0, 0.1) is 0 Å². The van der Waals surface area contributed by atoms with E-state index in [0.29, 0.717) is 5.54 Å².